The van der Waals surface area contributed by atoms with Gasteiger partial charge in [0.2, 0.25) is 5.95 Å². The van der Waals surface area contributed by atoms with E-state index in [0.717, 1.165) is 38.7 Å². The molecule has 0 atom stereocenters. The van der Waals surface area contributed by atoms with E-state index in [4.69, 9.17) is 0 Å². The molecule has 5 nitrogen and oxygen atoms in total. The number of hydrogen-bond donors (Lipinski definition) is 1. The fourth-order valence-electron chi connectivity index (χ4n) is 1.59. The molecule has 0 spiro atoms. The lowest BCUT2D eigenvalue weighted by Gasteiger charge is -2.27. The molecule has 1 saturated heterocycles. The van der Waals surface area contributed by atoms with Crippen molar-refractivity contribution in [2.45, 2.75) is 13.5 Å². The van der Waals surface area contributed by atoms with Crippen LogP contribution in [0.4, 0.5) is 5.95 Å². The molecular formula is C8H15N5. The van der Waals surface area contributed by atoms with Crippen molar-refractivity contribution in [1.29, 1.82) is 0 Å². The first kappa shape index (κ1) is 8.50. The van der Waals surface area contributed by atoms with Crippen LogP contribution in [0.15, 0.2) is 6.33 Å². The first-order valence-corrected chi connectivity index (χ1v) is 4.75. The Hall–Kier alpha value is -1.10. The quantitative estimate of drug-likeness (QED) is 0.681. The van der Waals surface area contributed by atoms with E-state index in [1.165, 1.54) is 0 Å². The molecule has 0 saturated carbocycles. The lowest BCUT2D eigenvalue weighted by molar-refractivity contribution is 0.555. The summed E-state index contributed by atoms with van der Waals surface area (Å²) in [6.07, 6.45) is 1.63. The third-order valence-electron chi connectivity index (χ3n) is 2.29. The van der Waals surface area contributed by atoms with E-state index in [1.54, 1.807) is 6.33 Å². The van der Waals surface area contributed by atoms with E-state index in [1.807, 2.05) is 4.68 Å². The molecule has 2 heterocycles. The van der Waals surface area contributed by atoms with Crippen LogP contribution < -0.4 is 10.2 Å². The predicted octanol–water partition coefficient (Wildman–Crippen LogP) is -0.292. The zero-order chi connectivity index (χ0) is 9.10. The van der Waals surface area contributed by atoms with Gasteiger partial charge in [-0.1, -0.05) is 0 Å². The number of hydrogen-bond acceptors (Lipinski definition) is 4. The van der Waals surface area contributed by atoms with E-state index in [-0.39, 0.29) is 0 Å². The molecule has 0 radical (unpaired) electrons. The molecule has 5 heteroatoms. The molecule has 0 amide bonds. The Morgan fingerprint density at radius 2 is 2.23 bits per heavy atom. The van der Waals surface area contributed by atoms with Gasteiger partial charge >= 0.3 is 0 Å². The summed E-state index contributed by atoms with van der Waals surface area (Å²) in [6.45, 7) is 7.10. The number of nitrogens with one attached hydrogen (secondary N) is 1. The van der Waals surface area contributed by atoms with Crippen molar-refractivity contribution in [3.8, 4) is 0 Å². The largest absolute Gasteiger partial charge is 0.338 e. The molecule has 0 unspecified atom stereocenters. The van der Waals surface area contributed by atoms with E-state index in [2.05, 4.69) is 27.2 Å². The average molecular weight is 181 g/mol. The fraction of sp³-hybridized carbons (Fsp3) is 0.750. The zero-order valence-electron chi connectivity index (χ0n) is 7.90. The monoisotopic (exact) mass is 181 g/mol. The Kier molecular flexibility index (Phi) is 2.44. The summed E-state index contributed by atoms with van der Waals surface area (Å²) >= 11 is 0. The van der Waals surface area contributed by atoms with Gasteiger partial charge in [-0.3, -0.25) is 0 Å². The summed E-state index contributed by atoms with van der Waals surface area (Å²) < 4.78 is 1.94. The van der Waals surface area contributed by atoms with Crippen LogP contribution in [0, 0.1) is 0 Å². The summed E-state index contributed by atoms with van der Waals surface area (Å²) in [5.74, 6) is 1.00. The smallest absolute Gasteiger partial charge is 0.223 e. The van der Waals surface area contributed by atoms with E-state index < -0.39 is 0 Å². The van der Waals surface area contributed by atoms with Crippen LogP contribution in [-0.2, 0) is 6.54 Å². The Bertz CT molecular complexity index is 263. The highest BCUT2D eigenvalue weighted by atomic mass is 15.4. The van der Waals surface area contributed by atoms with Gasteiger partial charge in [-0.15, -0.1) is 0 Å². The molecule has 0 bridgehead atoms. The molecule has 1 fully saturated rings. The molecule has 72 valence electrons. The first-order chi connectivity index (χ1) is 6.42. The average Bonchev–Trinajstić information content (AvgIpc) is 2.67. The standard InChI is InChI=1S/C8H15N5/c1-2-13-8(10-7-11-13)12-5-3-9-4-6-12/h7,9H,2-6H2,1H3. The maximum atomic E-state index is 4.26. The summed E-state index contributed by atoms with van der Waals surface area (Å²) in [7, 11) is 0. The van der Waals surface area contributed by atoms with Gasteiger partial charge in [0.25, 0.3) is 0 Å². The van der Waals surface area contributed by atoms with Crippen molar-refractivity contribution in [3.63, 3.8) is 0 Å². The fourth-order valence-corrected chi connectivity index (χ4v) is 1.59. The topological polar surface area (TPSA) is 46.0 Å². The molecule has 2 rings (SSSR count). The van der Waals surface area contributed by atoms with Crippen molar-refractivity contribution in [3.05, 3.63) is 6.33 Å². The van der Waals surface area contributed by atoms with Gasteiger partial charge in [0.05, 0.1) is 0 Å². The number of aryl methyl sites for hydroxylation is 1. The maximum Gasteiger partial charge on any atom is 0.223 e. The van der Waals surface area contributed by atoms with Gasteiger partial charge in [0, 0.05) is 32.7 Å². The summed E-state index contributed by atoms with van der Waals surface area (Å²) in [5, 5.41) is 7.47. The number of nitrogens with zero attached hydrogens (tertiary/aromatic N) is 4. The van der Waals surface area contributed by atoms with E-state index >= 15 is 0 Å². The van der Waals surface area contributed by atoms with Gasteiger partial charge in [-0.2, -0.15) is 10.1 Å². The molecule has 1 aliphatic rings. The van der Waals surface area contributed by atoms with Gasteiger partial charge in [-0.05, 0) is 6.92 Å². The minimum Gasteiger partial charge on any atom is -0.338 e. The Morgan fingerprint density at radius 1 is 1.46 bits per heavy atom. The maximum absolute atomic E-state index is 4.26. The second-order valence-corrected chi connectivity index (χ2v) is 3.11. The van der Waals surface area contributed by atoms with Crippen molar-refractivity contribution in [2.75, 3.05) is 31.1 Å². The molecule has 13 heavy (non-hydrogen) atoms. The van der Waals surface area contributed by atoms with E-state index in [0.29, 0.717) is 0 Å². The van der Waals surface area contributed by atoms with Crippen LogP contribution in [-0.4, -0.2) is 40.9 Å². The minimum atomic E-state index is 0.888. The molecule has 1 aromatic heterocycles. The molecule has 1 N–H and O–H groups in total. The number of piperazine rings is 1. The summed E-state index contributed by atoms with van der Waals surface area (Å²) in [6, 6.07) is 0. The predicted molar refractivity (Wildman–Crippen MR) is 50.8 cm³/mol. The van der Waals surface area contributed by atoms with Crippen LogP contribution in [0.5, 0.6) is 0 Å². The second-order valence-electron chi connectivity index (χ2n) is 3.11. The van der Waals surface area contributed by atoms with Crippen LogP contribution in [0.1, 0.15) is 6.92 Å². The zero-order valence-corrected chi connectivity index (χ0v) is 7.90. The Labute approximate surface area is 77.8 Å². The normalized spacial score (nSPS) is 17.8. The van der Waals surface area contributed by atoms with Gasteiger partial charge in [0.15, 0.2) is 0 Å². The third-order valence-corrected chi connectivity index (χ3v) is 2.29. The van der Waals surface area contributed by atoms with Gasteiger partial charge in [0.1, 0.15) is 6.33 Å². The highest BCUT2D eigenvalue weighted by Gasteiger charge is 2.14. The minimum absolute atomic E-state index is 0.888. The SMILES string of the molecule is CCn1ncnc1N1CCNCC1. The molecular weight excluding hydrogens is 166 g/mol. The van der Waals surface area contributed by atoms with Crippen LogP contribution in [0.3, 0.4) is 0 Å². The number of aromatic nitrogens is 3. The number of anilines is 1. The second kappa shape index (κ2) is 3.74. The summed E-state index contributed by atoms with van der Waals surface area (Å²) in [5.41, 5.74) is 0. The van der Waals surface area contributed by atoms with Crippen LogP contribution >= 0.6 is 0 Å². The Morgan fingerprint density at radius 3 is 2.92 bits per heavy atom. The van der Waals surface area contributed by atoms with Crippen LogP contribution in [0.25, 0.3) is 0 Å². The molecule has 1 aromatic rings. The van der Waals surface area contributed by atoms with E-state index in [9.17, 15) is 0 Å². The van der Waals surface area contributed by atoms with Crippen molar-refractivity contribution < 1.29 is 0 Å². The first-order valence-electron chi connectivity index (χ1n) is 4.75. The van der Waals surface area contributed by atoms with Gasteiger partial charge in [-0.25, -0.2) is 4.68 Å². The highest BCUT2D eigenvalue weighted by molar-refractivity contribution is 5.29. The van der Waals surface area contributed by atoms with Crippen molar-refractivity contribution in [1.82, 2.24) is 20.1 Å². The lowest BCUT2D eigenvalue weighted by Crippen LogP contribution is -2.44. The van der Waals surface area contributed by atoms with Crippen LogP contribution in [0.2, 0.25) is 0 Å². The van der Waals surface area contributed by atoms with Gasteiger partial charge < -0.3 is 10.2 Å². The molecule has 1 aliphatic heterocycles. The molecule has 0 aliphatic carbocycles. The highest BCUT2D eigenvalue weighted by Crippen LogP contribution is 2.09. The summed E-state index contributed by atoms with van der Waals surface area (Å²) in [4.78, 5) is 6.53. The number of rotatable bonds is 2. The lowest BCUT2D eigenvalue weighted by atomic mass is 10.4. The Balaban J connectivity index is 2.13. The van der Waals surface area contributed by atoms with Crippen molar-refractivity contribution in [2.24, 2.45) is 0 Å². The third kappa shape index (κ3) is 1.65. The molecule has 0 aromatic carbocycles. The van der Waals surface area contributed by atoms with Crippen molar-refractivity contribution >= 4 is 5.95 Å².